The van der Waals surface area contributed by atoms with E-state index >= 15 is 0 Å². The van der Waals surface area contributed by atoms with Crippen LogP contribution < -0.4 is 0 Å². The third-order valence-corrected chi connectivity index (χ3v) is 3.16. The van der Waals surface area contributed by atoms with Gasteiger partial charge in [-0.05, 0) is 25.0 Å². The maximum atomic E-state index is 11.5. The van der Waals surface area contributed by atoms with Crippen LogP contribution in [0.5, 0.6) is 0 Å². The molecule has 0 aliphatic heterocycles. The molecule has 3 nitrogen and oxygen atoms in total. The fraction of sp³-hybridized carbons (Fsp3) is 0.231. The Labute approximate surface area is 104 Å². The summed E-state index contributed by atoms with van der Waals surface area (Å²) in [5.41, 5.74) is 3.15. The Morgan fingerprint density at radius 3 is 2.59 bits per heavy atom. The van der Waals surface area contributed by atoms with Crippen LogP contribution >= 0.6 is 11.6 Å². The monoisotopic (exact) mass is 249 g/mol. The van der Waals surface area contributed by atoms with Crippen LogP contribution in [-0.2, 0) is 4.74 Å². The number of aryl methyl sites for hydroxylation is 2. The number of pyridine rings is 1. The van der Waals surface area contributed by atoms with Gasteiger partial charge in [-0.25, -0.2) is 4.79 Å². The summed E-state index contributed by atoms with van der Waals surface area (Å²) < 4.78 is 4.67. The van der Waals surface area contributed by atoms with Crippen LogP contribution in [0.15, 0.2) is 18.3 Å². The Morgan fingerprint density at radius 1 is 1.29 bits per heavy atom. The highest BCUT2D eigenvalue weighted by Crippen LogP contribution is 2.30. The lowest BCUT2D eigenvalue weighted by Crippen LogP contribution is -2.04. The van der Waals surface area contributed by atoms with Crippen molar-refractivity contribution in [3.8, 4) is 0 Å². The standard InChI is InChI=1S/C13H12ClNO2/c1-7-4-5-8(2)12-10(7)11(14)9(6-15-12)13(16)17-3/h4-6H,1-3H3. The molecule has 0 saturated carbocycles. The van der Waals surface area contributed by atoms with E-state index < -0.39 is 5.97 Å². The van der Waals surface area contributed by atoms with E-state index in [0.29, 0.717) is 10.6 Å². The Balaban J connectivity index is 2.84. The lowest BCUT2D eigenvalue weighted by atomic mass is 10.0. The number of methoxy groups -OCH3 is 1. The van der Waals surface area contributed by atoms with Crippen molar-refractivity contribution < 1.29 is 9.53 Å². The first kappa shape index (κ1) is 11.9. The number of fused-ring (bicyclic) bond motifs is 1. The first-order valence-electron chi connectivity index (χ1n) is 5.19. The molecule has 4 heteroatoms. The second-order valence-electron chi connectivity index (χ2n) is 3.90. The predicted octanol–water partition coefficient (Wildman–Crippen LogP) is 3.29. The van der Waals surface area contributed by atoms with Crippen LogP contribution in [0, 0.1) is 13.8 Å². The Kier molecular flexibility index (Phi) is 3.03. The molecule has 0 spiro atoms. The van der Waals surface area contributed by atoms with E-state index in [1.54, 1.807) is 0 Å². The number of carbonyl (C=O) groups excluding carboxylic acids is 1. The van der Waals surface area contributed by atoms with Crippen LogP contribution in [0.2, 0.25) is 5.02 Å². The van der Waals surface area contributed by atoms with E-state index in [-0.39, 0.29) is 0 Å². The smallest absolute Gasteiger partial charge is 0.340 e. The van der Waals surface area contributed by atoms with Gasteiger partial charge in [0.1, 0.15) is 0 Å². The fourth-order valence-electron chi connectivity index (χ4n) is 1.81. The molecule has 0 atom stereocenters. The van der Waals surface area contributed by atoms with E-state index in [2.05, 4.69) is 9.72 Å². The van der Waals surface area contributed by atoms with E-state index in [0.717, 1.165) is 22.0 Å². The Morgan fingerprint density at radius 2 is 1.94 bits per heavy atom. The van der Waals surface area contributed by atoms with Crippen LogP contribution in [-0.4, -0.2) is 18.1 Å². The fourth-order valence-corrected chi connectivity index (χ4v) is 2.18. The summed E-state index contributed by atoms with van der Waals surface area (Å²) in [4.78, 5) is 15.8. The lowest BCUT2D eigenvalue weighted by molar-refractivity contribution is 0.0600. The number of aromatic nitrogens is 1. The second-order valence-corrected chi connectivity index (χ2v) is 4.28. The Bertz CT molecular complexity index is 608. The maximum absolute atomic E-state index is 11.5. The molecule has 2 aromatic rings. The molecule has 0 amide bonds. The van der Waals surface area contributed by atoms with Crippen molar-refractivity contribution >= 4 is 28.5 Å². The summed E-state index contributed by atoms with van der Waals surface area (Å²) in [6.45, 7) is 3.90. The average Bonchev–Trinajstić information content (AvgIpc) is 2.33. The molecule has 0 N–H and O–H groups in total. The SMILES string of the molecule is COC(=O)c1cnc2c(C)ccc(C)c2c1Cl. The molecule has 2 rings (SSSR count). The van der Waals surface area contributed by atoms with E-state index in [4.69, 9.17) is 11.6 Å². The maximum Gasteiger partial charge on any atom is 0.340 e. The lowest BCUT2D eigenvalue weighted by Gasteiger charge is -2.09. The second kappa shape index (κ2) is 4.34. The molecule has 0 radical (unpaired) electrons. The summed E-state index contributed by atoms with van der Waals surface area (Å²) in [7, 11) is 1.33. The third kappa shape index (κ3) is 1.87. The van der Waals surface area contributed by atoms with Crippen molar-refractivity contribution in [1.82, 2.24) is 4.98 Å². The summed E-state index contributed by atoms with van der Waals surface area (Å²) in [6.07, 6.45) is 1.46. The Hall–Kier alpha value is -1.61. The zero-order valence-corrected chi connectivity index (χ0v) is 10.6. The molecule has 17 heavy (non-hydrogen) atoms. The number of hydrogen-bond donors (Lipinski definition) is 0. The minimum absolute atomic E-state index is 0.301. The number of rotatable bonds is 1. The largest absolute Gasteiger partial charge is 0.465 e. The van der Waals surface area contributed by atoms with Crippen molar-refractivity contribution in [2.75, 3.05) is 7.11 Å². The highest BCUT2D eigenvalue weighted by Gasteiger charge is 2.16. The quantitative estimate of drug-likeness (QED) is 0.728. The molecule has 1 heterocycles. The van der Waals surface area contributed by atoms with Gasteiger partial charge in [0.2, 0.25) is 0 Å². The van der Waals surface area contributed by atoms with E-state index in [1.165, 1.54) is 13.3 Å². The number of benzene rings is 1. The molecule has 0 saturated heterocycles. The summed E-state index contributed by atoms with van der Waals surface area (Å²) in [5.74, 6) is -0.467. The number of esters is 1. The molecule has 0 bridgehead atoms. The van der Waals surface area contributed by atoms with Gasteiger partial charge >= 0.3 is 5.97 Å². The summed E-state index contributed by atoms with van der Waals surface area (Å²) >= 11 is 6.25. The minimum atomic E-state index is -0.467. The van der Waals surface area contributed by atoms with Crippen molar-refractivity contribution in [2.24, 2.45) is 0 Å². The molecule has 0 aliphatic carbocycles. The van der Waals surface area contributed by atoms with Crippen molar-refractivity contribution in [1.29, 1.82) is 0 Å². The van der Waals surface area contributed by atoms with Gasteiger partial charge in [-0.15, -0.1) is 0 Å². The van der Waals surface area contributed by atoms with Crippen LogP contribution in [0.25, 0.3) is 10.9 Å². The van der Waals surface area contributed by atoms with Gasteiger partial charge in [-0.1, -0.05) is 23.7 Å². The first-order chi connectivity index (χ1) is 8.06. The van der Waals surface area contributed by atoms with Gasteiger partial charge in [-0.2, -0.15) is 0 Å². The summed E-state index contributed by atoms with van der Waals surface area (Å²) in [6, 6.07) is 3.95. The van der Waals surface area contributed by atoms with Crippen molar-refractivity contribution in [3.63, 3.8) is 0 Å². The van der Waals surface area contributed by atoms with Crippen molar-refractivity contribution in [2.45, 2.75) is 13.8 Å². The number of ether oxygens (including phenoxy) is 1. The molecule has 0 fully saturated rings. The van der Waals surface area contributed by atoms with Gasteiger partial charge < -0.3 is 4.74 Å². The molecule has 1 aromatic heterocycles. The van der Waals surface area contributed by atoms with E-state index in [9.17, 15) is 4.79 Å². The number of halogens is 1. The molecule has 0 aliphatic rings. The molecular weight excluding hydrogens is 238 g/mol. The van der Waals surface area contributed by atoms with Gasteiger partial charge in [0, 0.05) is 11.6 Å². The highest BCUT2D eigenvalue weighted by atomic mass is 35.5. The predicted molar refractivity (Wildman–Crippen MR) is 67.6 cm³/mol. The van der Waals surface area contributed by atoms with Crippen LogP contribution in [0.4, 0.5) is 0 Å². The minimum Gasteiger partial charge on any atom is -0.465 e. The molecular formula is C13H12ClNO2. The van der Waals surface area contributed by atoms with E-state index in [1.807, 2.05) is 26.0 Å². The zero-order valence-electron chi connectivity index (χ0n) is 9.87. The van der Waals surface area contributed by atoms with Crippen molar-refractivity contribution in [3.05, 3.63) is 40.0 Å². The number of nitrogens with zero attached hydrogens (tertiary/aromatic N) is 1. The third-order valence-electron chi connectivity index (χ3n) is 2.77. The van der Waals surface area contributed by atoms with Gasteiger partial charge in [0.05, 0.1) is 23.2 Å². The average molecular weight is 250 g/mol. The van der Waals surface area contributed by atoms with Gasteiger partial charge in [0.25, 0.3) is 0 Å². The number of carbonyl (C=O) groups is 1. The normalized spacial score (nSPS) is 10.6. The van der Waals surface area contributed by atoms with Gasteiger partial charge in [0.15, 0.2) is 0 Å². The highest BCUT2D eigenvalue weighted by molar-refractivity contribution is 6.38. The zero-order chi connectivity index (χ0) is 12.6. The summed E-state index contributed by atoms with van der Waals surface area (Å²) in [5, 5.41) is 1.22. The first-order valence-corrected chi connectivity index (χ1v) is 5.56. The topological polar surface area (TPSA) is 39.2 Å². The van der Waals surface area contributed by atoms with Gasteiger partial charge in [-0.3, -0.25) is 4.98 Å². The molecule has 0 unspecified atom stereocenters. The molecule has 1 aromatic carbocycles. The molecule has 88 valence electrons. The van der Waals surface area contributed by atoms with Crippen LogP contribution in [0.1, 0.15) is 21.5 Å². The van der Waals surface area contributed by atoms with Crippen LogP contribution in [0.3, 0.4) is 0 Å². The number of hydrogen-bond acceptors (Lipinski definition) is 3.